The van der Waals surface area contributed by atoms with Gasteiger partial charge in [0.15, 0.2) is 0 Å². The van der Waals surface area contributed by atoms with Crippen molar-refractivity contribution >= 4 is 34.8 Å². The summed E-state index contributed by atoms with van der Waals surface area (Å²) in [6, 6.07) is 9.26. The number of rotatable bonds is 4. The molecule has 0 radical (unpaired) electrons. The standard InChI is InChI=1S/C18H20ClN7O/c1-13-10-17(26-18(22-13)20-12-21-26)25-8-6-24(7-9-25)11-16(27)23-15-5-3-2-4-14(15)19/h2-5,10,12H,6-9,11H2,1H3,(H,23,27). The van der Waals surface area contributed by atoms with Gasteiger partial charge in [0.2, 0.25) is 5.91 Å². The van der Waals surface area contributed by atoms with Crippen LogP contribution in [-0.4, -0.2) is 63.1 Å². The van der Waals surface area contributed by atoms with Gasteiger partial charge in [-0.1, -0.05) is 23.7 Å². The molecule has 4 rings (SSSR count). The number of carbonyl (C=O) groups is 1. The minimum absolute atomic E-state index is 0.0602. The van der Waals surface area contributed by atoms with Crippen molar-refractivity contribution in [2.24, 2.45) is 0 Å². The molecular formula is C18H20ClN7O. The number of amides is 1. The molecule has 3 heterocycles. The Bertz CT molecular complexity index is 965. The molecule has 1 aliphatic rings. The zero-order valence-corrected chi connectivity index (χ0v) is 15.7. The summed E-state index contributed by atoms with van der Waals surface area (Å²) in [5.74, 6) is 1.52. The van der Waals surface area contributed by atoms with Crippen molar-refractivity contribution in [2.75, 3.05) is 42.9 Å². The van der Waals surface area contributed by atoms with Crippen LogP contribution < -0.4 is 10.2 Å². The quantitative estimate of drug-likeness (QED) is 0.738. The van der Waals surface area contributed by atoms with E-state index in [-0.39, 0.29) is 5.91 Å². The van der Waals surface area contributed by atoms with Crippen LogP contribution >= 0.6 is 11.6 Å². The molecule has 140 valence electrons. The first kappa shape index (κ1) is 17.7. The van der Waals surface area contributed by atoms with Crippen LogP contribution in [0.5, 0.6) is 0 Å². The summed E-state index contributed by atoms with van der Waals surface area (Å²) in [7, 11) is 0. The van der Waals surface area contributed by atoms with Gasteiger partial charge in [0.05, 0.1) is 17.3 Å². The Hall–Kier alpha value is -2.71. The number of piperazine rings is 1. The molecule has 0 atom stereocenters. The molecule has 8 nitrogen and oxygen atoms in total. The van der Waals surface area contributed by atoms with Gasteiger partial charge < -0.3 is 10.2 Å². The molecule has 0 spiro atoms. The van der Waals surface area contributed by atoms with E-state index >= 15 is 0 Å². The predicted molar refractivity (Wildman–Crippen MR) is 104 cm³/mol. The van der Waals surface area contributed by atoms with Crippen molar-refractivity contribution in [1.29, 1.82) is 0 Å². The van der Waals surface area contributed by atoms with E-state index in [0.717, 1.165) is 37.7 Å². The van der Waals surface area contributed by atoms with E-state index in [9.17, 15) is 4.79 Å². The van der Waals surface area contributed by atoms with Crippen LogP contribution in [-0.2, 0) is 4.79 Å². The van der Waals surface area contributed by atoms with E-state index in [2.05, 4.69) is 30.2 Å². The molecule has 27 heavy (non-hydrogen) atoms. The number of para-hydroxylation sites is 1. The molecular weight excluding hydrogens is 366 g/mol. The summed E-state index contributed by atoms with van der Waals surface area (Å²) >= 11 is 6.10. The Labute approximate surface area is 161 Å². The van der Waals surface area contributed by atoms with Gasteiger partial charge >= 0.3 is 0 Å². The number of aromatic nitrogens is 4. The Kier molecular flexibility index (Phi) is 4.91. The van der Waals surface area contributed by atoms with Crippen LogP contribution in [0.4, 0.5) is 11.5 Å². The predicted octanol–water partition coefficient (Wildman–Crippen LogP) is 1.85. The fraction of sp³-hybridized carbons (Fsp3) is 0.333. The number of nitrogens with zero attached hydrogens (tertiary/aromatic N) is 6. The second-order valence-corrected chi connectivity index (χ2v) is 6.93. The lowest BCUT2D eigenvalue weighted by Crippen LogP contribution is -2.49. The van der Waals surface area contributed by atoms with Crippen LogP contribution in [0, 0.1) is 6.92 Å². The molecule has 0 saturated carbocycles. The number of halogens is 1. The van der Waals surface area contributed by atoms with Gasteiger partial charge in [-0.05, 0) is 19.1 Å². The van der Waals surface area contributed by atoms with E-state index in [4.69, 9.17) is 11.6 Å². The highest BCUT2D eigenvalue weighted by Crippen LogP contribution is 2.21. The van der Waals surface area contributed by atoms with Crippen molar-refractivity contribution in [3.05, 3.63) is 47.4 Å². The maximum Gasteiger partial charge on any atom is 0.254 e. The first-order valence-corrected chi connectivity index (χ1v) is 9.17. The maximum absolute atomic E-state index is 12.3. The largest absolute Gasteiger partial charge is 0.354 e. The van der Waals surface area contributed by atoms with Gasteiger partial charge in [0.1, 0.15) is 12.1 Å². The Morgan fingerprint density at radius 3 is 2.78 bits per heavy atom. The molecule has 3 aromatic rings. The molecule has 2 aromatic heterocycles. The van der Waals surface area contributed by atoms with Crippen LogP contribution in [0.2, 0.25) is 5.02 Å². The van der Waals surface area contributed by atoms with Gasteiger partial charge in [-0.15, -0.1) is 0 Å². The van der Waals surface area contributed by atoms with E-state index in [0.29, 0.717) is 23.0 Å². The summed E-state index contributed by atoms with van der Waals surface area (Å²) < 4.78 is 1.76. The van der Waals surface area contributed by atoms with Gasteiger partial charge in [-0.2, -0.15) is 14.6 Å². The van der Waals surface area contributed by atoms with Gasteiger partial charge in [0, 0.05) is 37.9 Å². The number of carbonyl (C=O) groups excluding carboxylic acids is 1. The number of benzene rings is 1. The lowest BCUT2D eigenvalue weighted by atomic mass is 10.3. The van der Waals surface area contributed by atoms with Crippen molar-refractivity contribution in [2.45, 2.75) is 6.92 Å². The van der Waals surface area contributed by atoms with Crippen molar-refractivity contribution < 1.29 is 4.79 Å². The van der Waals surface area contributed by atoms with Crippen LogP contribution in [0.3, 0.4) is 0 Å². The third kappa shape index (κ3) is 3.86. The highest BCUT2D eigenvalue weighted by atomic mass is 35.5. The van der Waals surface area contributed by atoms with Crippen LogP contribution in [0.25, 0.3) is 5.78 Å². The number of aryl methyl sites for hydroxylation is 1. The van der Waals surface area contributed by atoms with Crippen LogP contribution in [0.15, 0.2) is 36.7 Å². The van der Waals surface area contributed by atoms with Crippen molar-refractivity contribution in [3.63, 3.8) is 0 Å². The summed E-state index contributed by atoms with van der Waals surface area (Å²) in [5, 5.41) is 7.68. The normalized spacial score (nSPS) is 15.3. The van der Waals surface area contributed by atoms with E-state index in [1.54, 1.807) is 16.6 Å². The first-order chi connectivity index (χ1) is 13.1. The van der Waals surface area contributed by atoms with E-state index in [1.165, 1.54) is 6.33 Å². The second-order valence-electron chi connectivity index (χ2n) is 6.52. The average Bonchev–Trinajstić information content (AvgIpc) is 3.12. The van der Waals surface area contributed by atoms with Crippen molar-refractivity contribution in [1.82, 2.24) is 24.5 Å². The Morgan fingerprint density at radius 1 is 1.22 bits per heavy atom. The van der Waals surface area contributed by atoms with E-state index in [1.807, 2.05) is 25.1 Å². The highest BCUT2D eigenvalue weighted by Gasteiger charge is 2.22. The molecule has 0 aliphatic carbocycles. The van der Waals surface area contributed by atoms with E-state index < -0.39 is 0 Å². The monoisotopic (exact) mass is 385 g/mol. The summed E-state index contributed by atoms with van der Waals surface area (Å²) in [6.07, 6.45) is 1.51. The number of fused-ring (bicyclic) bond motifs is 1. The topological polar surface area (TPSA) is 78.7 Å². The number of hydrogen-bond donors (Lipinski definition) is 1. The average molecular weight is 386 g/mol. The fourth-order valence-electron chi connectivity index (χ4n) is 3.23. The fourth-order valence-corrected chi connectivity index (χ4v) is 3.41. The molecule has 9 heteroatoms. The molecule has 1 amide bonds. The lowest BCUT2D eigenvalue weighted by molar-refractivity contribution is -0.117. The van der Waals surface area contributed by atoms with Gasteiger partial charge in [-0.25, -0.2) is 4.98 Å². The Morgan fingerprint density at radius 2 is 2.00 bits per heavy atom. The minimum Gasteiger partial charge on any atom is -0.354 e. The van der Waals surface area contributed by atoms with Gasteiger partial charge in [0.25, 0.3) is 5.78 Å². The molecule has 0 unspecified atom stereocenters. The van der Waals surface area contributed by atoms with Crippen LogP contribution in [0.1, 0.15) is 5.69 Å². The third-order valence-corrected chi connectivity index (χ3v) is 4.90. The zero-order valence-electron chi connectivity index (χ0n) is 15.0. The second kappa shape index (κ2) is 7.50. The minimum atomic E-state index is -0.0602. The molecule has 1 saturated heterocycles. The number of hydrogen-bond acceptors (Lipinski definition) is 6. The smallest absolute Gasteiger partial charge is 0.254 e. The SMILES string of the molecule is Cc1cc(N2CCN(CC(=O)Nc3ccccc3Cl)CC2)n2ncnc2n1. The molecule has 1 fully saturated rings. The number of anilines is 2. The first-order valence-electron chi connectivity index (χ1n) is 8.79. The Balaban J connectivity index is 1.37. The molecule has 1 aliphatic heterocycles. The summed E-state index contributed by atoms with van der Waals surface area (Å²) in [5.41, 5.74) is 1.55. The maximum atomic E-state index is 12.3. The summed E-state index contributed by atoms with van der Waals surface area (Å²) in [4.78, 5) is 25.3. The van der Waals surface area contributed by atoms with Gasteiger partial charge in [-0.3, -0.25) is 9.69 Å². The molecule has 1 aromatic carbocycles. The summed E-state index contributed by atoms with van der Waals surface area (Å²) in [6.45, 7) is 5.47. The number of nitrogens with one attached hydrogen (secondary N) is 1. The molecule has 1 N–H and O–H groups in total. The zero-order chi connectivity index (χ0) is 18.8. The lowest BCUT2D eigenvalue weighted by Gasteiger charge is -2.35. The van der Waals surface area contributed by atoms with Crippen molar-refractivity contribution in [3.8, 4) is 0 Å². The third-order valence-electron chi connectivity index (χ3n) is 4.57. The highest BCUT2D eigenvalue weighted by molar-refractivity contribution is 6.33. The molecule has 0 bridgehead atoms.